The molecule has 0 heterocycles. The molecule has 6 nitrogen and oxygen atoms in total. The van der Waals surface area contributed by atoms with Gasteiger partial charge in [0.15, 0.2) is 0 Å². The van der Waals surface area contributed by atoms with Crippen molar-refractivity contribution in [1.29, 1.82) is 0 Å². The van der Waals surface area contributed by atoms with Crippen molar-refractivity contribution < 1.29 is 28.6 Å². The molecule has 2 atom stereocenters. The van der Waals surface area contributed by atoms with E-state index >= 15 is 0 Å². The topological polar surface area (TPSA) is 90.8 Å². The molecule has 2 aromatic rings. The van der Waals surface area contributed by atoms with E-state index in [1.54, 1.807) is 19.3 Å². The maximum atomic E-state index is 13.2. The van der Waals surface area contributed by atoms with Gasteiger partial charge in [0.05, 0.1) is 7.11 Å². The molecule has 0 saturated heterocycles. The van der Waals surface area contributed by atoms with Crippen molar-refractivity contribution in [2.75, 3.05) is 13.7 Å². The largest absolute Gasteiger partial charge is 0.496 e. The Morgan fingerprint density at radius 1 is 1.17 bits per heavy atom. The third-order valence-corrected chi connectivity index (χ3v) is 5.21. The Balaban J connectivity index is 2.10. The lowest BCUT2D eigenvalue weighted by Gasteiger charge is -2.40. The Kier molecular flexibility index (Phi) is 7.66. The molecule has 0 fully saturated rings. The Hall–Kier alpha value is -2.81. The summed E-state index contributed by atoms with van der Waals surface area (Å²) >= 11 is 0. The predicted molar refractivity (Wildman–Crippen MR) is 110 cm³/mol. The molecule has 0 spiro atoms. The van der Waals surface area contributed by atoms with Crippen LogP contribution in [0, 0.1) is 0 Å². The first-order valence-electron chi connectivity index (χ1n) is 9.27. The van der Waals surface area contributed by atoms with E-state index in [1.807, 2.05) is 48.5 Å². The van der Waals surface area contributed by atoms with Gasteiger partial charge in [-0.05, 0) is 31.0 Å². The van der Waals surface area contributed by atoms with Gasteiger partial charge in [0.2, 0.25) is 0 Å². The van der Waals surface area contributed by atoms with Crippen molar-refractivity contribution in [3.63, 3.8) is 0 Å². The first-order valence-corrected chi connectivity index (χ1v) is 9.27. The number of alkyl halides is 2. The van der Waals surface area contributed by atoms with Gasteiger partial charge in [-0.25, -0.2) is 14.3 Å². The van der Waals surface area contributed by atoms with Crippen molar-refractivity contribution in [3.8, 4) is 16.9 Å². The van der Waals surface area contributed by atoms with Crippen LogP contribution in [0.25, 0.3) is 17.2 Å². The average Bonchev–Trinajstić information content (AvgIpc) is 2.76. The standard InChI is InChI=1S/C22H26F2N2O4/c1-21(20(27)26-29,22(2,28)19(23)24)25-14-6-7-15-10-12-16(13-11-15)17-8-4-5-9-18(17)30-3/h4-13,19,25,28-29H,14H2,1-3H3,(H,26,27)/b7-6+. The molecule has 1 amide bonds. The van der Waals surface area contributed by atoms with E-state index < -0.39 is 23.5 Å². The van der Waals surface area contributed by atoms with E-state index in [4.69, 9.17) is 9.94 Å². The maximum absolute atomic E-state index is 13.2. The molecule has 2 rings (SSSR count). The molecule has 0 aliphatic carbocycles. The normalized spacial score (nSPS) is 15.6. The first-order chi connectivity index (χ1) is 14.2. The van der Waals surface area contributed by atoms with Gasteiger partial charge in [-0.3, -0.25) is 15.3 Å². The minimum absolute atomic E-state index is 0.00104. The molecule has 0 aromatic heterocycles. The SMILES string of the molecule is COc1ccccc1-c1ccc(/C=C/CNC(C)(C(=O)NO)C(C)(O)C(F)F)cc1. The van der Waals surface area contributed by atoms with Crippen molar-refractivity contribution in [1.82, 2.24) is 10.8 Å². The van der Waals surface area contributed by atoms with E-state index in [0.29, 0.717) is 0 Å². The van der Waals surface area contributed by atoms with E-state index in [1.165, 1.54) is 5.48 Å². The number of rotatable bonds is 9. The second-order valence-corrected chi connectivity index (χ2v) is 7.12. The quantitative estimate of drug-likeness (QED) is 0.369. The average molecular weight is 420 g/mol. The molecule has 0 radical (unpaired) electrons. The zero-order valence-electron chi connectivity index (χ0n) is 17.0. The number of amides is 1. The van der Waals surface area contributed by atoms with Crippen LogP contribution in [0.4, 0.5) is 8.78 Å². The number of carbonyl (C=O) groups is 1. The summed E-state index contributed by atoms with van der Waals surface area (Å²) < 4.78 is 31.8. The summed E-state index contributed by atoms with van der Waals surface area (Å²) in [7, 11) is 1.61. The summed E-state index contributed by atoms with van der Waals surface area (Å²) in [5.74, 6) is -0.403. The maximum Gasteiger partial charge on any atom is 0.268 e. The van der Waals surface area contributed by atoms with Crippen molar-refractivity contribution in [2.24, 2.45) is 0 Å². The fourth-order valence-electron chi connectivity index (χ4n) is 2.93. The predicted octanol–water partition coefficient (Wildman–Crippen LogP) is 3.25. The van der Waals surface area contributed by atoms with Crippen LogP contribution in [-0.4, -0.2) is 47.4 Å². The number of carbonyl (C=O) groups excluding carboxylic acids is 1. The number of hydrogen-bond acceptors (Lipinski definition) is 5. The molecule has 0 aliphatic heterocycles. The summed E-state index contributed by atoms with van der Waals surface area (Å²) in [6.07, 6.45) is 0.162. The summed E-state index contributed by atoms with van der Waals surface area (Å²) in [5, 5.41) is 21.6. The molecule has 0 aliphatic rings. The number of hydroxylamine groups is 1. The van der Waals surface area contributed by atoms with Gasteiger partial charge in [-0.15, -0.1) is 0 Å². The van der Waals surface area contributed by atoms with Crippen LogP contribution in [0.3, 0.4) is 0 Å². The van der Waals surface area contributed by atoms with Gasteiger partial charge in [0.25, 0.3) is 12.3 Å². The van der Waals surface area contributed by atoms with Crippen LogP contribution in [0.1, 0.15) is 19.4 Å². The molecule has 2 unspecified atom stereocenters. The minimum Gasteiger partial charge on any atom is -0.496 e. The number of halogens is 2. The zero-order valence-corrected chi connectivity index (χ0v) is 17.0. The number of aliphatic hydroxyl groups is 1. The van der Waals surface area contributed by atoms with Crippen LogP contribution in [0.2, 0.25) is 0 Å². The molecule has 30 heavy (non-hydrogen) atoms. The molecular formula is C22H26F2N2O4. The fraction of sp³-hybridized carbons (Fsp3) is 0.318. The first kappa shape index (κ1) is 23.5. The lowest BCUT2D eigenvalue weighted by Crippen LogP contribution is -2.69. The Morgan fingerprint density at radius 3 is 2.37 bits per heavy atom. The molecule has 2 aromatic carbocycles. The number of benzene rings is 2. The van der Waals surface area contributed by atoms with E-state index in [9.17, 15) is 18.7 Å². The molecule has 162 valence electrons. The number of methoxy groups -OCH3 is 1. The van der Waals surface area contributed by atoms with Crippen molar-refractivity contribution in [2.45, 2.75) is 31.4 Å². The van der Waals surface area contributed by atoms with Gasteiger partial charge >= 0.3 is 0 Å². The van der Waals surface area contributed by atoms with Crippen LogP contribution in [-0.2, 0) is 4.79 Å². The smallest absolute Gasteiger partial charge is 0.268 e. The van der Waals surface area contributed by atoms with Gasteiger partial charge < -0.3 is 9.84 Å². The van der Waals surface area contributed by atoms with Gasteiger partial charge in [0, 0.05) is 12.1 Å². The van der Waals surface area contributed by atoms with E-state index in [0.717, 1.165) is 36.3 Å². The second-order valence-electron chi connectivity index (χ2n) is 7.12. The summed E-state index contributed by atoms with van der Waals surface area (Å²) in [4.78, 5) is 11.9. The molecule has 0 saturated carbocycles. The Labute approximate surface area is 174 Å². The zero-order chi connectivity index (χ0) is 22.4. The number of nitrogens with one attached hydrogen (secondary N) is 2. The highest BCUT2D eigenvalue weighted by atomic mass is 19.3. The van der Waals surface area contributed by atoms with E-state index in [-0.39, 0.29) is 6.54 Å². The summed E-state index contributed by atoms with van der Waals surface area (Å²) in [5.41, 5.74) is -0.712. The third-order valence-electron chi connectivity index (χ3n) is 5.21. The minimum atomic E-state index is -3.21. The van der Waals surface area contributed by atoms with Crippen LogP contribution < -0.4 is 15.5 Å². The lowest BCUT2D eigenvalue weighted by molar-refractivity contribution is -0.166. The van der Waals surface area contributed by atoms with Crippen LogP contribution >= 0.6 is 0 Å². The highest BCUT2D eigenvalue weighted by Crippen LogP contribution is 2.30. The highest BCUT2D eigenvalue weighted by Gasteiger charge is 2.54. The lowest BCUT2D eigenvalue weighted by atomic mass is 9.81. The van der Waals surface area contributed by atoms with Gasteiger partial charge in [-0.2, -0.15) is 0 Å². The number of hydrogen-bond donors (Lipinski definition) is 4. The fourth-order valence-corrected chi connectivity index (χ4v) is 2.93. The molecular weight excluding hydrogens is 394 g/mol. The number of ether oxygens (including phenoxy) is 1. The van der Waals surface area contributed by atoms with Gasteiger partial charge in [-0.1, -0.05) is 54.6 Å². The van der Waals surface area contributed by atoms with Crippen LogP contribution in [0.15, 0.2) is 54.6 Å². The number of para-hydroxylation sites is 1. The highest BCUT2D eigenvalue weighted by molar-refractivity contribution is 5.86. The molecule has 8 heteroatoms. The second kappa shape index (κ2) is 9.80. The Morgan fingerprint density at radius 2 is 1.80 bits per heavy atom. The van der Waals surface area contributed by atoms with Crippen LogP contribution in [0.5, 0.6) is 5.75 Å². The Bertz CT molecular complexity index is 885. The third kappa shape index (κ3) is 4.84. The van der Waals surface area contributed by atoms with Crippen molar-refractivity contribution >= 4 is 12.0 Å². The summed E-state index contributed by atoms with van der Waals surface area (Å²) in [6.45, 7) is 1.93. The summed E-state index contributed by atoms with van der Waals surface area (Å²) in [6, 6.07) is 15.3. The monoisotopic (exact) mass is 420 g/mol. The molecule has 0 bridgehead atoms. The molecule has 4 N–H and O–H groups in total. The van der Waals surface area contributed by atoms with Crippen molar-refractivity contribution in [3.05, 3.63) is 60.2 Å². The van der Waals surface area contributed by atoms with Gasteiger partial charge in [0.1, 0.15) is 16.9 Å². The van der Waals surface area contributed by atoms with E-state index in [2.05, 4.69) is 5.32 Å².